The number of likely N-dealkylation sites (N-methyl/N-ethyl adjacent to an activating group) is 1. The molecule has 0 fully saturated rings. The lowest BCUT2D eigenvalue weighted by Crippen LogP contribution is -2.50. The molecule has 0 unspecified atom stereocenters. The molecule has 0 spiro atoms. The van der Waals surface area contributed by atoms with Crippen molar-refractivity contribution in [3.05, 3.63) is 59.6 Å². The highest BCUT2D eigenvalue weighted by Gasteiger charge is 2.25. The van der Waals surface area contributed by atoms with E-state index in [1.807, 2.05) is 24.5 Å². The van der Waals surface area contributed by atoms with E-state index in [0.717, 1.165) is 0 Å². The molecule has 166 valence electrons. The minimum absolute atomic E-state index is 0.145. The van der Waals surface area contributed by atoms with Crippen molar-refractivity contribution in [2.24, 2.45) is 0 Å². The summed E-state index contributed by atoms with van der Waals surface area (Å²) in [6.07, 6.45) is 2.37. The van der Waals surface area contributed by atoms with Gasteiger partial charge in [-0.1, -0.05) is 29.8 Å². The largest absolute Gasteiger partial charge is 0.484 e. The molecule has 0 saturated heterocycles. The Kier molecular flexibility index (Phi) is 10.2. The first-order valence-corrected chi connectivity index (χ1v) is 11.4. The van der Waals surface area contributed by atoms with Crippen LogP contribution in [0.25, 0.3) is 0 Å². The first kappa shape index (κ1) is 24.6. The average molecular weight is 464 g/mol. The second kappa shape index (κ2) is 12.9. The number of anilines is 1. The summed E-state index contributed by atoms with van der Waals surface area (Å²) < 4.78 is 5.44. The van der Waals surface area contributed by atoms with Crippen LogP contribution in [-0.4, -0.2) is 60.9 Å². The molecule has 2 N–H and O–H groups in total. The number of carbonyl (C=O) groups is 3. The Labute approximate surface area is 191 Å². The van der Waals surface area contributed by atoms with Crippen LogP contribution >= 0.6 is 23.4 Å². The Morgan fingerprint density at radius 2 is 1.74 bits per heavy atom. The summed E-state index contributed by atoms with van der Waals surface area (Å²) in [5, 5.41) is 5.99. The molecule has 2 aromatic carbocycles. The van der Waals surface area contributed by atoms with Gasteiger partial charge in [0.25, 0.3) is 5.91 Å². The standard InChI is InChI=1S/C22H26ClN3O4S/c1-26(14-20(27)24-17-10-8-16(23)9-11-17)22(29)19(12-13-31-2)25-21(28)15-30-18-6-4-3-5-7-18/h3-11,19H,12-15H2,1-2H3,(H,24,27)(H,25,28)/t19-/m0/s1. The van der Waals surface area contributed by atoms with E-state index < -0.39 is 11.9 Å². The zero-order valence-electron chi connectivity index (χ0n) is 17.5. The smallest absolute Gasteiger partial charge is 0.258 e. The Morgan fingerprint density at radius 3 is 2.39 bits per heavy atom. The number of nitrogens with zero attached hydrogens (tertiary/aromatic N) is 1. The summed E-state index contributed by atoms with van der Waals surface area (Å²) >= 11 is 7.41. The monoisotopic (exact) mass is 463 g/mol. The maximum atomic E-state index is 12.9. The Bertz CT molecular complexity index is 865. The van der Waals surface area contributed by atoms with E-state index in [2.05, 4.69) is 10.6 Å². The zero-order valence-corrected chi connectivity index (χ0v) is 19.0. The number of benzene rings is 2. The lowest BCUT2D eigenvalue weighted by atomic mass is 10.2. The van der Waals surface area contributed by atoms with E-state index >= 15 is 0 Å². The number of para-hydroxylation sites is 1. The van der Waals surface area contributed by atoms with Crippen molar-refractivity contribution < 1.29 is 19.1 Å². The van der Waals surface area contributed by atoms with E-state index in [-0.39, 0.29) is 25.0 Å². The molecule has 0 heterocycles. The fourth-order valence-electron chi connectivity index (χ4n) is 2.69. The summed E-state index contributed by atoms with van der Waals surface area (Å²) in [6, 6.07) is 14.9. The maximum Gasteiger partial charge on any atom is 0.258 e. The van der Waals surface area contributed by atoms with Crippen molar-refractivity contribution in [1.29, 1.82) is 0 Å². The summed E-state index contributed by atoms with van der Waals surface area (Å²) in [7, 11) is 1.53. The van der Waals surface area contributed by atoms with Crippen LogP contribution in [0.15, 0.2) is 54.6 Å². The van der Waals surface area contributed by atoms with Crippen molar-refractivity contribution in [1.82, 2.24) is 10.2 Å². The average Bonchev–Trinajstić information content (AvgIpc) is 2.77. The molecule has 7 nitrogen and oxygen atoms in total. The third kappa shape index (κ3) is 8.90. The summed E-state index contributed by atoms with van der Waals surface area (Å²) in [5.41, 5.74) is 0.584. The molecule has 0 aromatic heterocycles. The third-order valence-corrected chi connectivity index (χ3v) is 5.14. The highest BCUT2D eigenvalue weighted by molar-refractivity contribution is 7.98. The van der Waals surface area contributed by atoms with E-state index in [9.17, 15) is 14.4 Å². The minimum atomic E-state index is -0.743. The molecular formula is C22H26ClN3O4S. The zero-order chi connectivity index (χ0) is 22.6. The SMILES string of the molecule is CSCC[C@H](NC(=O)COc1ccccc1)C(=O)N(C)CC(=O)Nc1ccc(Cl)cc1. The molecule has 2 rings (SSSR count). The summed E-state index contributed by atoms with van der Waals surface area (Å²) in [4.78, 5) is 38.7. The summed E-state index contributed by atoms with van der Waals surface area (Å²) in [5.74, 6) is 0.165. The number of carbonyl (C=O) groups excluding carboxylic acids is 3. The maximum absolute atomic E-state index is 12.9. The Balaban J connectivity index is 1.89. The van der Waals surface area contributed by atoms with E-state index in [1.54, 1.807) is 48.2 Å². The van der Waals surface area contributed by atoms with Crippen LogP contribution in [0, 0.1) is 0 Å². The molecule has 31 heavy (non-hydrogen) atoms. The van der Waals surface area contributed by atoms with Crippen LogP contribution in [-0.2, 0) is 14.4 Å². The van der Waals surface area contributed by atoms with Gasteiger partial charge in [0.1, 0.15) is 11.8 Å². The lowest BCUT2D eigenvalue weighted by molar-refractivity contribution is -0.137. The Morgan fingerprint density at radius 1 is 1.06 bits per heavy atom. The van der Waals surface area contributed by atoms with Crippen LogP contribution in [0.5, 0.6) is 5.75 Å². The second-order valence-corrected chi connectivity index (χ2v) is 8.17. The van der Waals surface area contributed by atoms with Crippen molar-refractivity contribution in [3.8, 4) is 5.75 Å². The van der Waals surface area contributed by atoms with Crippen molar-refractivity contribution in [2.75, 3.05) is 37.5 Å². The van der Waals surface area contributed by atoms with Gasteiger partial charge in [0, 0.05) is 17.8 Å². The van der Waals surface area contributed by atoms with Crippen molar-refractivity contribution in [3.63, 3.8) is 0 Å². The predicted octanol–water partition coefficient (Wildman–Crippen LogP) is 3.05. The van der Waals surface area contributed by atoms with Gasteiger partial charge in [0.2, 0.25) is 11.8 Å². The number of hydrogen-bond donors (Lipinski definition) is 2. The van der Waals surface area contributed by atoms with Crippen LogP contribution in [0.4, 0.5) is 5.69 Å². The molecule has 2 aromatic rings. The number of thioether (sulfide) groups is 1. The highest BCUT2D eigenvalue weighted by atomic mass is 35.5. The van der Waals surface area contributed by atoms with E-state index in [0.29, 0.717) is 28.6 Å². The first-order valence-electron chi connectivity index (χ1n) is 9.65. The van der Waals surface area contributed by atoms with Gasteiger partial charge in [-0.05, 0) is 54.8 Å². The van der Waals surface area contributed by atoms with Gasteiger partial charge >= 0.3 is 0 Å². The molecule has 0 radical (unpaired) electrons. The van der Waals surface area contributed by atoms with Gasteiger partial charge in [-0.3, -0.25) is 14.4 Å². The Hall–Kier alpha value is -2.71. The number of ether oxygens (including phenoxy) is 1. The molecule has 1 atom stereocenters. The van der Waals surface area contributed by atoms with E-state index in [1.165, 1.54) is 11.9 Å². The lowest BCUT2D eigenvalue weighted by Gasteiger charge is -2.24. The van der Waals surface area contributed by atoms with Gasteiger partial charge in [-0.15, -0.1) is 0 Å². The van der Waals surface area contributed by atoms with E-state index in [4.69, 9.17) is 16.3 Å². The van der Waals surface area contributed by atoms with Gasteiger partial charge in [0.05, 0.1) is 6.54 Å². The molecule has 0 aliphatic carbocycles. The van der Waals surface area contributed by atoms with Gasteiger partial charge in [-0.25, -0.2) is 0 Å². The van der Waals surface area contributed by atoms with Gasteiger partial charge in [0.15, 0.2) is 6.61 Å². The second-order valence-electron chi connectivity index (χ2n) is 6.75. The van der Waals surface area contributed by atoms with Crippen molar-refractivity contribution >= 4 is 46.8 Å². The van der Waals surface area contributed by atoms with Gasteiger partial charge < -0.3 is 20.3 Å². The number of rotatable bonds is 11. The number of halogens is 1. The molecular weight excluding hydrogens is 438 g/mol. The molecule has 0 saturated carbocycles. The van der Waals surface area contributed by atoms with Gasteiger partial charge in [-0.2, -0.15) is 11.8 Å². The molecule has 3 amide bonds. The fourth-order valence-corrected chi connectivity index (χ4v) is 3.29. The number of amides is 3. The minimum Gasteiger partial charge on any atom is -0.484 e. The normalized spacial score (nSPS) is 11.3. The fraction of sp³-hybridized carbons (Fsp3) is 0.318. The molecule has 0 bridgehead atoms. The van der Waals surface area contributed by atoms with Crippen LogP contribution in [0.3, 0.4) is 0 Å². The first-order chi connectivity index (χ1) is 14.9. The predicted molar refractivity (Wildman–Crippen MR) is 125 cm³/mol. The summed E-state index contributed by atoms with van der Waals surface area (Å²) in [6.45, 7) is -0.346. The van der Waals surface area contributed by atoms with Crippen LogP contribution < -0.4 is 15.4 Å². The van der Waals surface area contributed by atoms with Crippen LogP contribution in [0.2, 0.25) is 5.02 Å². The van der Waals surface area contributed by atoms with Crippen LogP contribution in [0.1, 0.15) is 6.42 Å². The topological polar surface area (TPSA) is 87.7 Å². The molecule has 0 aliphatic rings. The molecule has 0 aliphatic heterocycles. The number of hydrogen-bond acceptors (Lipinski definition) is 5. The highest BCUT2D eigenvalue weighted by Crippen LogP contribution is 2.13. The number of nitrogens with one attached hydrogen (secondary N) is 2. The molecule has 9 heteroatoms. The third-order valence-electron chi connectivity index (χ3n) is 4.24. The quantitative estimate of drug-likeness (QED) is 0.534. The van der Waals surface area contributed by atoms with Crippen molar-refractivity contribution in [2.45, 2.75) is 12.5 Å².